The molecule has 0 unspecified atom stereocenters. The van der Waals surface area contributed by atoms with E-state index in [2.05, 4.69) is 9.97 Å². The maximum absolute atomic E-state index is 12.5. The topological polar surface area (TPSA) is 46.1 Å². The minimum Gasteiger partial charge on any atom is -0.333 e. The lowest BCUT2D eigenvalue weighted by molar-refractivity contribution is 0.0746. The Labute approximate surface area is 119 Å². The van der Waals surface area contributed by atoms with Gasteiger partial charge in [0.25, 0.3) is 5.91 Å². The van der Waals surface area contributed by atoms with E-state index in [9.17, 15) is 4.79 Å². The van der Waals surface area contributed by atoms with Gasteiger partial charge in [-0.15, -0.1) is 0 Å². The molecule has 0 bridgehead atoms. The third kappa shape index (κ3) is 3.41. The van der Waals surface area contributed by atoms with E-state index in [0.29, 0.717) is 24.6 Å². The first kappa shape index (κ1) is 14.2. The fourth-order valence-corrected chi connectivity index (χ4v) is 2.12. The molecule has 2 aromatic rings. The van der Waals surface area contributed by atoms with Gasteiger partial charge in [-0.05, 0) is 32.4 Å². The smallest absolute Gasteiger partial charge is 0.272 e. The monoisotopic (exact) mass is 269 g/mol. The fraction of sp³-hybridized carbons (Fsp3) is 0.312. The van der Waals surface area contributed by atoms with Gasteiger partial charge in [0.1, 0.15) is 11.5 Å². The predicted octanol–water partition coefficient (Wildman–Crippen LogP) is 2.76. The fourth-order valence-electron chi connectivity index (χ4n) is 2.12. The van der Waals surface area contributed by atoms with Gasteiger partial charge >= 0.3 is 0 Å². The highest BCUT2D eigenvalue weighted by atomic mass is 16.2. The molecule has 1 aromatic carbocycles. The highest BCUT2D eigenvalue weighted by molar-refractivity contribution is 5.92. The number of aromatic nitrogens is 2. The van der Waals surface area contributed by atoms with E-state index in [1.54, 1.807) is 17.9 Å². The lowest BCUT2D eigenvalue weighted by atomic mass is 10.2. The second-order valence-electron chi connectivity index (χ2n) is 4.75. The van der Waals surface area contributed by atoms with Crippen LogP contribution in [0.1, 0.15) is 34.5 Å². The summed E-state index contributed by atoms with van der Waals surface area (Å²) in [6.07, 6.45) is 0. The van der Waals surface area contributed by atoms with E-state index in [-0.39, 0.29) is 5.91 Å². The molecule has 104 valence electrons. The van der Waals surface area contributed by atoms with E-state index < -0.39 is 0 Å². The van der Waals surface area contributed by atoms with Crippen LogP contribution in [0.3, 0.4) is 0 Å². The molecule has 20 heavy (non-hydrogen) atoms. The lowest BCUT2D eigenvalue weighted by Gasteiger charge is -2.20. The highest BCUT2D eigenvalue weighted by Gasteiger charge is 2.16. The Balaban J connectivity index is 2.20. The molecule has 0 aliphatic rings. The molecule has 0 radical (unpaired) electrons. The van der Waals surface area contributed by atoms with Crippen molar-refractivity contribution in [3.05, 3.63) is 59.2 Å². The van der Waals surface area contributed by atoms with E-state index in [1.807, 2.05) is 44.2 Å². The van der Waals surface area contributed by atoms with Crippen LogP contribution in [0.15, 0.2) is 36.4 Å². The number of nitrogens with zero attached hydrogens (tertiary/aromatic N) is 3. The van der Waals surface area contributed by atoms with Crippen molar-refractivity contribution in [2.75, 3.05) is 6.54 Å². The molecule has 0 spiro atoms. The van der Waals surface area contributed by atoms with Crippen molar-refractivity contribution in [2.24, 2.45) is 0 Å². The van der Waals surface area contributed by atoms with Crippen molar-refractivity contribution in [3.8, 4) is 0 Å². The number of benzene rings is 1. The van der Waals surface area contributed by atoms with Crippen molar-refractivity contribution in [3.63, 3.8) is 0 Å². The van der Waals surface area contributed by atoms with Crippen LogP contribution in [0.5, 0.6) is 0 Å². The number of rotatable bonds is 4. The first-order valence-electron chi connectivity index (χ1n) is 6.75. The molecule has 0 aliphatic heterocycles. The average molecular weight is 269 g/mol. The summed E-state index contributed by atoms with van der Waals surface area (Å²) in [7, 11) is 0. The van der Waals surface area contributed by atoms with Crippen molar-refractivity contribution in [2.45, 2.75) is 27.3 Å². The number of amides is 1. The van der Waals surface area contributed by atoms with Crippen LogP contribution < -0.4 is 0 Å². The van der Waals surface area contributed by atoms with Crippen LogP contribution in [0.2, 0.25) is 0 Å². The molecule has 1 heterocycles. The van der Waals surface area contributed by atoms with Gasteiger partial charge in [0.15, 0.2) is 0 Å². The van der Waals surface area contributed by atoms with Crippen molar-refractivity contribution >= 4 is 5.91 Å². The number of carbonyl (C=O) groups is 1. The molecule has 0 aliphatic carbocycles. The first-order chi connectivity index (χ1) is 9.60. The maximum atomic E-state index is 12.5. The molecule has 1 aromatic heterocycles. The van der Waals surface area contributed by atoms with Crippen LogP contribution in [0, 0.1) is 13.8 Å². The Bertz CT molecular complexity index is 576. The van der Waals surface area contributed by atoms with Gasteiger partial charge in [0, 0.05) is 18.8 Å². The molecular weight excluding hydrogens is 250 g/mol. The number of hydrogen-bond acceptors (Lipinski definition) is 3. The predicted molar refractivity (Wildman–Crippen MR) is 78.4 cm³/mol. The minimum absolute atomic E-state index is 0.0510. The maximum Gasteiger partial charge on any atom is 0.272 e. The summed E-state index contributed by atoms with van der Waals surface area (Å²) >= 11 is 0. The van der Waals surface area contributed by atoms with Crippen molar-refractivity contribution in [1.29, 1.82) is 0 Å². The Kier molecular flexibility index (Phi) is 4.45. The number of aryl methyl sites for hydroxylation is 2. The first-order valence-corrected chi connectivity index (χ1v) is 6.75. The van der Waals surface area contributed by atoms with Crippen LogP contribution in [0.25, 0.3) is 0 Å². The summed E-state index contributed by atoms with van der Waals surface area (Å²) in [4.78, 5) is 22.8. The summed E-state index contributed by atoms with van der Waals surface area (Å²) < 4.78 is 0. The molecule has 0 saturated carbocycles. The van der Waals surface area contributed by atoms with Gasteiger partial charge in [-0.1, -0.05) is 30.3 Å². The average Bonchev–Trinajstić information content (AvgIpc) is 2.44. The van der Waals surface area contributed by atoms with E-state index in [1.165, 1.54) is 0 Å². The van der Waals surface area contributed by atoms with E-state index in [4.69, 9.17) is 0 Å². The summed E-state index contributed by atoms with van der Waals surface area (Å²) in [5, 5.41) is 0. The van der Waals surface area contributed by atoms with Gasteiger partial charge in [-0.25, -0.2) is 9.97 Å². The Hall–Kier alpha value is -2.23. The SMILES string of the molecule is CCN(Cc1ccccc1)C(=O)c1cc(C)nc(C)n1. The summed E-state index contributed by atoms with van der Waals surface area (Å²) in [6.45, 7) is 6.89. The van der Waals surface area contributed by atoms with Crippen molar-refractivity contribution in [1.82, 2.24) is 14.9 Å². The molecule has 0 atom stereocenters. The van der Waals surface area contributed by atoms with Crippen LogP contribution in [0.4, 0.5) is 0 Å². The summed E-state index contributed by atoms with van der Waals surface area (Å²) in [5.74, 6) is 0.578. The van der Waals surface area contributed by atoms with E-state index >= 15 is 0 Å². The molecule has 0 N–H and O–H groups in total. The standard InChI is InChI=1S/C16H19N3O/c1-4-19(11-14-8-6-5-7-9-14)16(20)15-10-12(2)17-13(3)18-15/h5-10H,4,11H2,1-3H3. The third-order valence-corrected chi connectivity index (χ3v) is 3.07. The number of hydrogen-bond donors (Lipinski definition) is 0. The quantitative estimate of drug-likeness (QED) is 0.857. The second-order valence-corrected chi connectivity index (χ2v) is 4.75. The highest BCUT2D eigenvalue weighted by Crippen LogP contribution is 2.09. The van der Waals surface area contributed by atoms with Gasteiger partial charge < -0.3 is 4.90 Å². The zero-order valence-electron chi connectivity index (χ0n) is 12.1. The molecule has 1 amide bonds. The van der Waals surface area contributed by atoms with Crippen molar-refractivity contribution < 1.29 is 4.79 Å². The molecular formula is C16H19N3O. The Morgan fingerprint density at radius 3 is 2.45 bits per heavy atom. The number of carbonyl (C=O) groups excluding carboxylic acids is 1. The Morgan fingerprint density at radius 2 is 1.85 bits per heavy atom. The second kappa shape index (κ2) is 6.28. The largest absolute Gasteiger partial charge is 0.333 e. The molecule has 2 rings (SSSR count). The van der Waals surface area contributed by atoms with Gasteiger partial charge in [0.05, 0.1) is 0 Å². The lowest BCUT2D eigenvalue weighted by Crippen LogP contribution is -2.31. The molecule has 4 heteroatoms. The van der Waals surface area contributed by atoms with Crippen LogP contribution in [-0.4, -0.2) is 27.3 Å². The molecule has 0 fully saturated rings. The minimum atomic E-state index is -0.0510. The van der Waals surface area contributed by atoms with Crippen LogP contribution >= 0.6 is 0 Å². The molecule has 0 saturated heterocycles. The van der Waals surface area contributed by atoms with Gasteiger partial charge in [-0.2, -0.15) is 0 Å². The van der Waals surface area contributed by atoms with Crippen LogP contribution in [-0.2, 0) is 6.54 Å². The third-order valence-electron chi connectivity index (χ3n) is 3.07. The van der Waals surface area contributed by atoms with E-state index in [0.717, 1.165) is 11.3 Å². The van der Waals surface area contributed by atoms with Gasteiger partial charge in [0.2, 0.25) is 0 Å². The van der Waals surface area contributed by atoms with Gasteiger partial charge in [-0.3, -0.25) is 4.79 Å². The summed E-state index contributed by atoms with van der Waals surface area (Å²) in [5.41, 5.74) is 2.40. The molecule has 4 nitrogen and oxygen atoms in total. The zero-order valence-corrected chi connectivity index (χ0v) is 12.1. The normalized spacial score (nSPS) is 10.3. The summed E-state index contributed by atoms with van der Waals surface area (Å²) in [6, 6.07) is 11.7. The zero-order chi connectivity index (χ0) is 14.5. The Morgan fingerprint density at radius 1 is 1.15 bits per heavy atom.